The maximum Gasteiger partial charge on any atom is 0.259 e. The van der Waals surface area contributed by atoms with Gasteiger partial charge in [-0.25, -0.2) is 4.98 Å². The summed E-state index contributed by atoms with van der Waals surface area (Å²) in [4.78, 5) is 17.3. The van der Waals surface area contributed by atoms with Crippen LogP contribution in [0.4, 0.5) is 0 Å². The van der Waals surface area contributed by atoms with Crippen LogP contribution in [-0.4, -0.2) is 33.3 Å². The molecule has 2 atom stereocenters. The molecule has 2 aromatic heterocycles. The molecule has 0 bridgehead atoms. The van der Waals surface area contributed by atoms with Crippen LogP contribution < -0.4 is 5.32 Å². The first-order valence-electron chi connectivity index (χ1n) is 8.39. The number of nitrogens with zero attached hydrogens (tertiary/aromatic N) is 2. The first-order chi connectivity index (χ1) is 11.1. The average molecular weight is 315 g/mol. The number of aliphatic hydroxyl groups excluding tert-OH is 1. The van der Waals surface area contributed by atoms with Gasteiger partial charge in [0.15, 0.2) is 0 Å². The minimum atomic E-state index is -0.462. The molecule has 2 aliphatic rings. The van der Waals surface area contributed by atoms with Gasteiger partial charge in [-0.2, -0.15) is 0 Å². The van der Waals surface area contributed by atoms with Gasteiger partial charge in [0.1, 0.15) is 0 Å². The number of aryl methyl sites for hydroxylation is 1. The Morgan fingerprint density at radius 2 is 2.09 bits per heavy atom. The van der Waals surface area contributed by atoms with Gasteiger partial charge in [0.25, 0.3) is 11.6 Å². The molecular weight excluding hydrogens is 294 g/mol. The molecule has 2 aliphatic carbocycles. The zero-order chi connectivity index (χ0) is 16.0. The van der Waals surface area contributed by atoms with Crippen molar-refractivity contribution in [2.75, 3.05) is 0 Å². The Labute approximate surface area is 134 Å². The van der Waals surface area contributed by atoms with E-state index in [0.717, 1.165) is 44.2 Å². The molecule has 23 heavy (non-hydrogen) atoms. The summed E-state index contributed by atoms with van der Waals surface area (Å²) in [5.74, 6) is 0.258. The van der Waals surface area contributed by atoms with Gasteiger partial charge < -0.3 is 14.9 Å². The lowest BCUT2D eigenvalue weighted by Crippen LogP contribution is -2.45. The van der Waals surface area contributed by atoms with Gasteiger partial charge in [-0.1, -0.05) is 18.0 Å². The zero-order valence-corrected chi connectivity index (χ0v) is 13.2. The van der Waals surface area contributed by atoms with Crippen LogP contribution in [0, 0.1) is 6.92 Å². The lowest BCUT2D eigenvalue weighted by Gasteiger charge is -2.28. The fraction of sp³-hybridized carbons (Fsp3) is 0.588. The maximum atomic E-state index is 12.8. The van der Waals surface area contributed by atoms with Crippen LogP contribution in [0.15, 0.2) is 10.6 Å². The molecule has 0 saturated heterocycles. The number of fused-ring (bicyclic) bond motifs is 1. The Morgan fingerprint density at radius 1 is 1.30 bits per heavy atom. The smallest absolute Gasteiger partial charge is 0.259 e. The van der Waals surface area contributed by atoms with Crippen molar-refractivity contribution < 1.29 is 14.4 Å². The minimum Gasteiger partial charge on any atom is -0.391 e. The number of carbonyl (C=O) groups excluding carboxylic acids is 1. The lowest BCUT2D eigenvalue weighted by molar-refractivity contribution is 0.0718. The first-order valence-corrected chi connectivity index (χ1v) is 8.39. The number of nitrogens with one attached hydrogen (secondary N) is 1. The molecule has 2 unspecified atom stereocenters. The van der Waals surface area contributed by atoms with E-state index >= 15 is 0 Å². The Bertz CT molecular complexity index is 751. The molecule has 6 heteroatoms. The van der Waals surface area contributed by atoms with Crippen LogP contribution in [0.5, 0.6) is 0 Å². The normalized spacial score (nSPS) is 24.8. The van der Waals surface area contributed by atoms with Crippen LogP contribution in [0.25, 0.3) is 11.1 Å². The molecule has 1 amide bonds. The SMILES string of the molecule is Cc1noc2nc(C3CC3)cc(C(=O)NC3CCCCC3O)c12. The van der Waals surface area contributed by atoms with E-state index in [4.69, 9.17) is 4.52 Å². The standard InChI is InChI=1S/C17H21N3O3/c1-9-15-11(16(22)18-12-4-2-3-5-14(12)21)8-13(10-6-7-10)19-17(15)23-20-9/h8,10,12,14,21H,2-7H2,1H3,(H,18,22). The van der Waals surface area contributed by atoms with Gasteiger partial charge in [-0.3, -0.25) is 4.79 Å². The molecule has 2 fully saturated rings. The van der Waals surface area contributed by atoms with Gasteiger partial charge >= 0.3 is 0 Å². The van der Waals surface area contributed by atoms with Crippen molar-refractivity contribution >= 4 is 17.0 Å². The van der Waals surface area contributed by atoms with E-state index in [9.17, 15) is 9.90 Å². The summed E-state index contributed by atoms with van der Waals surface area (Å²) in [5.41, 5.74) is 2.57. The van der Waals surface area contributed by atoms with Gasteiger partial charge in [-0.05, 0) is 38.7 Å². The van der Waals surface area contributed by atoms with Gasteiger partial charge in [0, 0.05) is 11.6 Å². The fourth-order valence-electron chi connectivity index (χ4n) is 3.41. The largest absolute Gasteiger partial charge is 0.391 e. The molecule has 0 aliphatic heterocycles. The maximum absolute atomic E-state index is 12.8. The molecular formula is C17H21N3O3. The van der Waals surface area contributed by atoms with E-state index in [1.54, 1.807) is 0 Å². The van der Waals surface area contributed by atoms with Gasteiger partial charge in [0.2, 0.25) is 0 Å². The number of amides is 1. The monoisotopic (exact) mass is 315 g/mol. The van der Waals surface area contributed by atoms with Crippen LogP contribution >= 0.6 is 0 Å². The second-order valence-corrected chi connectivity index (χ2v) is 6.75. The molecule has 0 spiro atoms. The molecule has 2 heterocycles. The molecule has 2 aromatic rings. The summed E-state index contributed by atoms with van der Waals surface area (Å²) in [6, 6.07) is 1.69. The molecule has 6 nitrogen and oxygen atoms in total. The Hall–Kier alpha value is -1.95. The predicted molar refractivity (Wildman–Crippen MR) is 84.2 cm³/mol. The highest BCUT2D eigenvalue weighted by Gasteiger charge is 2.30. The van der Waals surface area contributed by atoms with Crippen molar-refractivity contribution in [1.82, 2.24) is 15.5 Å². The highest BCUT2D eigenvalue weighted by atomic mass is 16.5. The van der Waals surface area contributed by atoms with Crippen LogP contribution in [0.1, 0.15) is 66.2 Å². The third kappa shape index (κ3) is 2.72. The summed E-state index contributed by atoms with van der Waals surface area (Å²) in [6.07, 6.45) is 5.37. The van der Waals surface area contributed by atoms with Crippen molar-refractivity contribution in [3.05, 3.63) is 23.0 Å². The number of aliphatic hydroxyl groups is 1. The highest BCUT2D eigenvalue weighted by molar-refractivity contribution is 6.06. The van der Waals surface area contributed by atoms with Crippen LogP contribution in [0.2, 0.25) is 0 Å². The van der Waals surface area contributed by atoms with Crippen molar-refractivity contribution in [1.29, 1.82) is 0 Å². The molecule has 4 rings (SSSR count). The quantitative estimate of drug-likeness (QED) is 0.908. The number of aromatic nitrogens is 2. The number of hydrogen-bond acceptors (Lipinski definition) is 5. The number of rotatable bonds is 3. The van der Waals surface area contributed by atoms with Crippen molar-refractivity contribution in [3.63, 3.8) is 0 Å². The van der Waals surface area contributed by atoms with E-state index in [1.807, 2.05) is 13.0 Å². The summed E-state index contributed by atoms with van der Waals surface area (Å²) in [6.45, 7) is 1.82. The van der Waals surface area contributed by atoms with E-state index in [1.165, 1.54) is 0 Å². The van der Waals surface area contributed by atoms with Crippen LogP contribution in [-0.2, 0) is 0 Å². The lowest BCUT2D eigenvalue weighted by atomic mass is 9.92. The molecule has 2 N–H and O–H groups in total. The summed E-state index contributed by atoms with van der Waals surface area (Å²) in [7, 11) is 0. The van der Waals surface area contributed by atoms with Crippen LogP contribution in [0.3, 0.4) is 0 Å². The van der Waals surface area contributed by atoms with Crippen molar-refractivity contribution in [2.45, 2.75) is 63.5 Å². The van der Waals surface area contributed by atoms with Crippen molar-refractivity contribution in [2.24, 2.45) is 0 Å². The fourth-order valence-corrected chi connectivity index (χ4v) is 3.41. The predicted octanol–water partition coefficient (Wildman–Crippen LogP) is 2.44. The first kappa shape index (κ1) is 14.6. The summed E-state index contributed by atoms with van der Waals surface area (Å²) in [5, 5.41) is 17.7. The van der Waals surface area contributed by atoms with Gasteiger partial charge in [0.05, 0.1) is 28.8 Å². The zero-order valence-electron chi connectivity index (χ0n) is 13.2. The Morgan fingerprint density at radius 3 is 2.83 bits per heavy atom. The van der Waals surface area contributed by atoms with E-state index in [2.05, 4.69) is 15.5 Å². The molecule has 0 radical (unpaired) electrons. The Kier molecular flexibility index (Phi) is 3.56. The average Bonchev–Trinajstić information content (AvgIpc) is 3.33. The topological polar surface area (TPSA) is 88.2 Å². The van der Waals surface area contributed by atoms with Gasteiger partial charge in [-0.15, -0.1) is 0 Å². The summed E-state index contributed by atoms with van der Waals surface area (Å²) < 4.78 is 5.28. The highest BCUT2D eigenvalue weighted by Crippen LogP contribution is 2.40. The number of hydrogen-bond donors (Lipinski definition) is 2. The summed E-state index contributed by atoms with van der Waals surface area (Å²) >= 11 is 0. The molecule has 0 aromatic carbocycles. The number of carbonyl (C=O) groups is 1. The third-order valence-corrected chi connectivity index (χ3v) is 4.92. The van der Waals surface area contributed by atoms with Crippen molar-refractivity contribution in [3.8, 4) is 0 Å². The second-order valence-electron chi connectivity index (χ2n) is 6.75. The molecule has 122 valence electrons. The van der Waals surface area contributed by atoms with E-state index in [0.29, 0.717) is 28.3 Å². The van der Waals surface area contributed by atoms with E-state index < -0.39 is 6.10 Å². The Balaban J connectivity index is 1.68. The second kappa shape index (κ2) is 5.60. The molecule has 2 saturated carbocycles. The number of pyridine rings is 1. The van der Waals surface area contributed by atoms with E-state index in [-0.39, 0.29) is 11.9 Å². The third-order valence-electron chi connectivity index (χ3n) is 4.92. The minimum absolute atomic E-state index is 0.170.